The van der Waals surface area contributed by atoms with Crippen molar-refractivity contribution in [2.45, 2.75) is 26.3 Å². The summed E-state index contributed by atoms with van der Waals surface area (Å²) in [4.78, 5) is 23.7. The van der Waals surface area contributed by atoms with E-state index in [1.165, 1.54) is 0 Å². The van der Waals surface area contributed by atoms with E-state index in [4.69, 9.17) is 11.6 Å². The topological polar surface area (TPSA) is 58.2 Å². The Bertz CT molecular complexity index is 687. The van der Waals surface area contributed by atoms with E-state index in [1.54, 1.807) is 12.1 Å². The van der Waals surface area contributed by atoms with Gasteiger partial charge in [-0.05, 0) is 30.2 Å². The van der Waals surface area contributed by atoms with Crippen molar-refractivity contribution in [1.29, 1.82) is 0 Å². The molecular formula is C18H19ClN2O2. The number of hydrogen-bond donors (Lipinski definition) is 2. The normalized spacial score (nSPS) is 10.2. The van der Waals surface area contributed by atoms with Gasteiger partial charge in [-0.1, -0.05) is 48.0 Å². The zero-order chi connectivity index (χ0) is 16.7. The lowest BCUT2D eigenvalue weighted by Crippen LogP contribution is -2.24. The fraction of sp³-hybridized carbons (Fsp3) is 0.222. The van der Waals surface area contributed by atoms with Crippen LogP contribution in [0.1, 0.15) is 24.0 Å². The molecule has 2 aromatic rings. The lowest BCUT2D eigenvalue weighted by atomic mass is 10.2. The molecule has 0 atom stereocenters. The molecule has 2 rings (SSSR count). The minimum atomic E-state index is -0.203. The van der Waals surface area contributed by atoms with Gasteiger partial charge in [0.2, 0.25) is 11.8 Å². The van der Waals surface area contributed by atoms with Crippen molar-refractivity contribution in [2.24, 2.45) is 0 Å². The van der Waals surface area contributed by atoms with Crippen LogP contribution in [-0.2, 0) is 16.1 Å². The van der Waals surface area contributed by atoms with E-state index in [0.29, 0.717) is 17.3 Å². The van der Waals surface area contributed by atoms with Gasteiger partial charge in [-0.15, -0.1) is 0 Å². The summed E-state index contributed by atoms with van der Waals surface area (Å²) >= 11 is 5.91. The van der Waals surface area contributed by atoms with Crippen molar-refractivity contribution in [3.05, 3.63) is 64.7 Å². The molecule has 2 aromatic carbocycles. The van der Waals surface area contributed by atoms with E-state index in [0.717, 1.165) is 11.1 Å². The lowest BCUT2D eigenvalue weighted by Gasteiger charge is -2.09. The van der Waals surface area contributed by atoms with Gasteiger partial charge in [0.1, 0.15) is 0 Å². The zero-order valence-corrected chi connectivity index (χ0v) is 13.7. The van der Waals surface area contributed by atoms with Crippen LogP contribution in [0.4, 0.5) is 5.69 Å². The van der Waals surface area contributed by atoms with E-state index in [-0.39, 0.29) is 24.7 Å². The number of carbonyl (C=O) groups is 2. The molecule has 0 saturated heterocycles. The summed E-state index contributed by atoms with van der Waals surface area (Å²) in [6, 6.07) is 14.9. The summed E-state index contributed by atoms with van der Waals surface area (Å²) in [6.45, 7) is 2.35. The molecule has 0 spiro atoms. The van der Waals surface area contributed by atoms with Crippen LogP contribution in [0.3, 0.4) is 0 Å². The predicted molar refractivity (Wildman–Crippen MR) is 92.3 cm³/mol. The Labute approximate surface area is 140 Å². The van der Waals surface area contributed by atoms with Crippen molar-refractivity contribution < 1.29 is 9.59 Å². The highest BCUT2D eigenvalue weighted by molar-refractivity contribution is 6.31. The van der Waals surface area contributed by atoms with E-state index < -0.39 is 0 Å². The zero-order valence-electron chi connectivity index (χ0n) is 12.9. The molecule has 0 fully saturated rings. The average Bonchev–Trinajstić information content (AvgIpc) is 2.55. The van der Waals surface area contributed by atoms with Gasteiger partial charge < -0.3 is 10.6 Å². The van der Waals surface area contributed by atoms with Gasteiger partial charge in [-0.25, -0.2) is 0 Å². The number of amides is 2. The third kappa shape index (κ3) is 5.75. The molecule has 4 nitrogen and oxygen atoms in total. The van der Waals surface area contributed by atoms with E-state index >= 15 is 0 Å². The Morgan fingerprint density at radius 3 is 2.43 bits per heavy atom. The molecule has 0 aromatic heterocycles. The summed E-state index contributed by atoms with van der Waals surface area (Å²) in [5, 5.41) is 6.14. The van der Waals surface area contributed by atoms with Crippen LogP contribution in [0.15, 0.2) is 48.5 Å². The van der Waals surface area contributed by atoms with Gasteiger partial charge in [0.05, 0.1) is 0 Å². The number of aryl methyl sites for hydroxylation is 1. The molecule has 2 amide bonds. The number of anilines is 1. The van der Waals surface area contributed by atoms with Crippen molar-refractivity contribution in [3.8, 4) is 0 Å². The van der Waals surface area contributed by atoms with E-state index in [1.807, 2.05) is 43.3 Å². The summed E-state index contributed by atoms with van der Waals surface area (Å²) in [6.07, 6.45) is 0.283. The van der Waals surface area contributed by atoms with Gasteiger partial charge in [0.25, 0.3) is 0 Å². The molecule has 2 N–H and O–H groups in total. The number of benzene rings is 2. The van der Waals surface area contributed by atoms with Crippen LogP contribution in [0.2, 0.25) is 5.02 Å². The number of rotatable bonds is 6. The quantitative estimate of drug-likeness (QED) is 0.848. The smallest absolute Gasteiger partial charge is 0.224 e. The fourth-order valence-corrected chi connectivity index (χ4v) is 2.23. The SMILES string of the molecule is Cc1ccc(Cl)cc1NC(=O)CCC(=O)NCc1ccccc1. The molecule has 0 aliphatic heterocycles. The van der Waals surface area contributed by atoms with Crippen LogP contribution in [0, 0.1) is 6.92 Å². The second kappa shape index (κ2) is 8.34. The Balaban J connectivity index is 1.75. The number of nitrogens with one attached hydrogen (secondary N) is 2. The van der Waals surface area contributed by atoms with Crippen LogP contribution >= 0.6 is 11.6 Å². The number of carbonyl (C=O) groups excluding carboxylic acids is 2. The molecular weight excluding hydrogens is 312 g/mol. The first kappa shape index (κ1) is 17.0. The first-order chi connectivity index (χ1) is 11.0. The minimum absolute atomic E-state index is 0.132. The highest BCUT2D eigenvalue weighted by Gasteiger charge is 2.09. The first-order valence-electron chi connectivity index (χ1n) is 7.41. The van der Waals surface area contributed by atoms with Crippen LogP contribution < -0.4 is 10.6 Å². The summed E-state index contributed by atoms with van der Waals surface area (Å²) < 4.78 is 0. The first-order valence-corrected chi connectivity index (χ1v) is 7.79. The third-order valence-electron chi connectivity index (χ3n) is 3.39. The largest absolute Gasteiger partial charge is 0.352 e. The highest BCUT2D eigenvalue weighted by atomic mass is 35.5. The fourth-order valence-electron chi connectivity index (χ4n) is 2.05. The predicted octanol–water partition coefficient (Wildman–Crippen LogP) is 3.68. The third-order valence-corrected chi connectivity index (χ3v) is 3.62. The molecule has 0 aliphatic rings. The molecule has 0 radical (unpaired) electrons. The summed E-state index contributed by atoms with van der Waals surface area (Å²) in [7, 11) is 0. The maximum atomic E-state index is 11.9. The Kier molecular flexibility index (Phi) is 6.18. The lowest BCUT2D eigenvalue weighted by molar-refractivity contribution is -0.124. The van der Waals surface area contributed by atoms with Crippen molar-refractivity contribution in [2.75, 3.05) is 5.32 Å². The Hall–Kier alpha value is -2.33. The monoisotopic (exact) mass is 330 g/mol. The molecule has 0 unspecified atom stereocenters. The standard InChI is InChI=1S/C18H19ClN2O2/c1-13-7-8-15(19)11-16(13)21-18(23)10-9-17(22)20-12-14-5-3-2-4-6-14/h2-8,11H,9-10,12H2,1H3,(H,20,22)(H,21,23). The van der Waals surface area contributed by atoms with Crippen LogP contribution in [-0.4, -0.2) is 11.8 Å². The molecule has 0 bridgehead atoms. The Morgan fingerprint density at radius 2 is 1.70 bits per heavy atom. The second-order valence-electron chi connectivity index (χ2n) is 5.27. The van der Waals surface area contributed by atoms with Crippen LogP contribution in [0.25, 0.3) is 0 Å². The summed E-state index contributed by atoms with van der Waals surface area (Å²) in [5.41, 5.74) is 2.63. The minimum Gasteiger partial charge on any atom is -0.352 e. The number of halogens is 1. The maximum Gasteiger partial charge on any atom is 0.224 e. The van der Waals surface area contributed by atoms with Crippen LogP contribution in [0.5, 0.6) is 0 Å². The molecule has 0 aliphatic carbocycles. The maximum absolute atomic E-state index is 11.9. The van der Waals surface area contributed by atoms with Gasteiger partial charge in [-0.3, -0.25) is 9.59 Å². The van der Waals surface area contributed by atoms with Gasteiger partial charge in [0.15, 0.2) is 0 Å². The van der Waals surface area contributed by atoms with Crippen molar-refractivity contribution in [1.82, 2.24) is 5.32 Å². The molecule has 23 heavy (non-hydrogen) atoms. The molecule has 120 valence electrons. The average molecular weight is 331 g/mol. The van der Waals surface area contributed by atoms with Gasteiger partial charge in [0, 0.05) is 30.1 Å². The highest BCUT2D eigenvalue weighted by Crippen LogP contribution is 2.20. The second-order valence-corrected chi connectivity index (χ2v) is 5.71. The van der Waals surface area contributed by atoms with Crippen molar-refractivity contribution in [3.63, 3.8) is 0 Å². The Morgan fingerprint density at radius 1 is 1.00 bits per heavy atom. The summed E-state index contributed by atoms with van der Waals surface area (Å²) in [5.74, 6) is -0.350. The van der Waals surface area contributed by atoms with Gasteiger partial charge >= 0.3 is 0 Å². The van der Waals surface area contributed by atoms with Gasteiger partial charge in [-0.2, -0.15) is 0 Å². The van der Waals surface area contributed by atoms with Crippen molar-refractivity contribution >= 4 is 29.1 Å². The van der Waals surface area contributed by atoms with E-state index in [9.17, 15) is 9.59 Å². The van der Waals surface area contributed by atoms with E-state index in [2.05, 4.69) is 10.6 Å². The molecule has 0 saturated carbocycles. The number of hydrogen-bond acceptors (Lipinski definition) is 2. The molecule has 5 heteroatoms. The molecule has 0 heterocycles.